The van der Waals surface area contributed by atoms with Gasteiger partial charge in [0, 0.05) is 17.8 Å². The lowest BCUT2D eigenvalue weighted by molar-refractivity contribution is 0.626. The molecular formula is C15H18FN3. The molecule has 19 heavy (non-hydrogen) atoms. The second kappa shape index (κ2) is 5.13. The maximum absolute atomic E-state index is 13.2. The van der Waals surface area contributed by atoms with Crippen LogP contribution in [-0.4, -0.2) is 16.1 Å². The molecule has 0 bridgehead atoms. The van der Waals surface area contributed by atoms with Crippen LogP contribution in [0.2, 0.25) is 0 Å². The Balaban J connectivity index is 1.71. The molecule has 2 unspecified atom stereocenters. The van der Waals surface area contributed by atoms with E-state index in [0.717, 1.165) is 30.3 Å². The molecule has 1 saturated carbocycles. The highest BCUT2D eigenvalue weighted by Crippen LogP contribution is 2.49. The highest BCUT2D eigenvalue weighted by Gasteiger charge is 2.38. The third kappa shape index (κ3) is 2.68. The minimum Gasteiger partial charge on any atom is -0.330 e. The van der Waals surface area contributed by atoms with E-state index in [1.807, 2.05) is 16.8 Å². The van der Waals surface area contributed by atoms with Gasteiger partial charge in [0.2, 0.25) is 0 Å². The average Bonchev–Trinajstić information content (AvgIpc) is 3.02. The standard InChI is InChI=1S/C15H18FN3/c16-12-4-1-5-13(8-12)19-9-15(18-10-19)14-7-11(14)3-2-6-17/h1,4-5,8-11,14H,2-3,6-7,17H2. The molecule has 1 fully saturated rings. The van der Waals surface area contributed by atoms with Crippen LogP contribution in [0.25, 0.3) is 5.69 Å². The van der Waals surface area contributed by atoms with E-state index in [9.17, 15) is 4.39 Å². The largest absolute Gasteiger partial charge is 0.330 e. The predicted molar refractivity (Wildman–Crippen MR) is 72.7 cm³/mol. The van der Waals surface area contributed by atoms with E-state index in [4.69, 9.17) is 5.73 Å². The number of nitrogens with zero attached hydrogens (tertiary/aromatic N) is 2. The lowest BCUT2D eigenvalue weighted by Crippen LogP contribution is -1.98. The Morgan fingerprint density at radius 3 is 3.11 bits per heavy atom. The SMILES string of the molecule is NCCCC1CC1c1cn(-c2cccc(F)c2)cn1. The minimum absolute atomic E-state index is 0.222. The van der Waals surface area contributed by atoms with E-state index in [1.54, 1.807) is 12.4 Å². The maximum atomic E-state index is 13.2. The number of benzene rings is 1. The molecule has 100 valence electrons. The molecule has 4 heteroatoms. The van der Waals surface area contributed by atoms with Crippen molar-refractivity contribution in [2.75, 3.05) is 6.54 Å². The van der Waals surface area contributed by atoms with Crippen molar-refractivity contribution in [2.24, 2.45) is 11.7 Å². The Morgan fingerprint density at radius 1 is 1.42 bits per heavy atom. The summed E-state index contributed by atoms with van der Waals surface area (Å²) in [5, 5.41) is 0. The van der Waals surface area contributed by atoms with Gasteiger partial charge in [-0.15, -0.1) is 0 Å². The van der Waals surface area contributed by atoms with Crippen molar-refractivity contribution in [2.45, 2.75) is 25.2 Å². The summed E-state index contributed by atoms with van der Waals surface area (Å²) in [6.07, 6.45) is 7.27. The van der Waals surface area contributed by atoms with Crippen LogP contribution in [0.15, 0.2) is 36.8 Å². The van der Waals surface area contributed by atoms with Gasteiger partial charge in [-0.1, -0.05) is 6.07 Å². The van der Waals surface area contributed by atoms with E-state index in [-0.39, 0.29) is 5.82 Å². The van der Waals surface area contributed by atoms with Crippen molar-refractivity contribution in [3.05, 3.63) is 48.3 Å². The van der Waals surface area contributed by atoms with Gasteiger partial charge >= 0.3 is 0 Å². The minimum atomic E-state index is -0.222. The molecule has 1 aliphatic carbocycles. The summed E-state index contributed by atoms with van der Waals surface area (Å²) in [5.41, 5.74) is 7.46. The predicted octanol–water partition coefficient (Wildman–Crippen LogP) is 2.85. The van der Waals surface area contributed by atoms with Gasteiger partial charge in [0.05, 0.1) is 12.0 Å². The highest BCUT2D eigenvalue weighted by atomic mass is 19.1. The van der Waals surface area contributed by atoms with Crippen LogP contribution in [0.3, 0.4) is 0 Å². The molecule has 3 rings (SSSR count). The number of halogens is 1. The van der Waals surface area contributed by atoms with Crippen molar-refractivity contribution in [3.63, 3.8) is 0 Å². The number of nitrogens with two attached hydrogens (primary N) is 1. The van der Waals surface area contributed by atoms with Gasteiger partial charge in [-0.05, 0) is 49.9 Å². The van der Waals surface area contributed by atoms with Gasteiger partial charge in [0.25, 0.3) is 0 Å². The van der Waals surface area contributed by atoms with Crippen molar-refractivity contribution in [3.8, 4) is 5.69 Å². The molecule has 1 aromatic heterocycles. The lowest BCUT2D eigenvalue weighted by Gasteiger charge is -2.01. The summed E-state index contributed by atoms with van der Waals surface area (Å²) in [4.78, 5) is 4.45. The Hall–Kier alpha value is -1.68. The second-order valence-corrected chi connectivity index (χ2v) is 5.22. The van der Waals surface area contributed by atoms with Crippen LogP contribution in [0, 0.1) is 11.7 Å². The van der Waals surface area contributed by atoms with Crippen LogP contribution in [0.4, 0.5) is 4.39 Å². The monoisotopic (exact) mass is 259 g/mol. The first-order chi connectivity index (χ1) is 9.28. The number of hydrogen-bond donors (Lipinski definition) is 1. The molecular weight excluding hydrogens is 241 g/mol. The molecule has 1 heterocycles. The fourth-order valence-corrected chi connectivity index (χ4v) is 2.62. The topological polar surface area (TPSA) is 43.8 Å². The van der Waals surface area contributed by atoms with E-state index in [2.05, 4.69) is 4.98 Å². The van der Waals surface area contributed by atoms with Gasteiger partial charge in [0.15, 0.2) is 0 Å². The van der Waals surface area contributed by atoms with Crippen LogP contribution in [-0.2, 0) is 0 Å². The van der Waals surface area contributed by atoms with Gasteiger partial charge in [-0.2, -0.15) is 0 Å². The van der Waals surface area contributed by atoms with E-state index in [0.29, 0.717) is 5.92 Å². The fourth-order valence-electron chi connectivity index (χ4n) is 2.62. The summed E-state index contributed by atoms with van der Waals surface area (Å²) in [5.74, 6) is 1.08. The summed E-state index contributed by atoms with van der Waals surface area (Å²) in [7, 11) is 0. The number of imidazole rings is 1. The first-order valence-electron chi connectivity index (χ1n) is 6.78. The van der Waals surface area contributed by atoms with E-state index >= 15 is 0 Å². The molecule has 2 atom stereocenters. The third-order valence-corrected chi connectivity index (χ3v) is 3.79. The van der Waals surface area contributed by atoms with Crippen molar-refractivity contribution < 1.29 is 4.39 Å². The van der Waals surface area contributed by atoms with Crippen LogP contribution < -0.4 is 5.73 Å². The smallest absolute Gasteiger partial charge is 0.125 e. The van der Waals surface area contributed by atoms with Crippen LogP contribution in [0.1, 0.15) is 30.9 Å². The zero-order chi connectivity index (χ0) is 13.2. The zero-order valence-electron chi connectivity index (χ0n) is 10.8. The molecule has 0 spiro atoms. The fraction of sp³-hybridized carbons (Fsp3) is 0.400. The normalized spacial score (nSPS) is 21.6. The Labute approximate surface area is 112 Å². The molecule has 1 aromatic carbocycles. The number of rotatable bonds is 5. The summed E-state index contributed by atoms with van der Waals surface area (Å²) >= 11 is 0. The van der Waals surface area contributed by atoms with Gasteiger partial charge in [-0.3, -0.25) is 0 Å². The Bertz CT molecular complexity index is 564. The number of hydrogen-bond acceptors (Lipinski definition) is 2. The van der Waals surface area contributed by atoms with Gasteiger partial charge in [0.1, 0.15) is 5.82 Å². The molecule has 2 N–H and O–H groups in total. The quantitative estimate of drug-likeness (QED) is 0.897. The molecule has 0 amide bonds. The lowest BCUT2D eigenvalue weighted by atomic mass is 10.1. The first kappa shape index (κ1) is 12.4. The van der Waals surface area contributed by atoms with Gasteiger partial charge < -0.3 is 10.3 Å². The van der Waals surface area contributed by atoms with Crippen molar-refractivity contribution >= 4 is 0 Å². The van der Waals surface area contributed by atoms with Crippen molar-refractivity contribution in [1.29, 1.82) is 0 Å². The van der Waals surface area contributed by atoms with Gasteiger partial charge in [-0.25, -0.2) is 9.37 Å². The first-order valence-corrected chi connectivity index (χ1v) is 6.78. The molecule has 1 aliphatic rings. The highest BCUT2D eigenvalue weighted by molar-refractivity contribution is 5.33. The maximum Gasteiger partial charge on any atom is 0.125 e. The zero-order valence-corrected chi connectivity index (χ0v) is 10.8. The number of aromatic nitrogens is 2. The average molecular weight is 259 g/mol. The molecule has 0 saturated heterocycles. The summed E-state index contributed by atoms with van der Waals surface area (Å²) in [6, 6.07) is 6.56. The van der Waals surface area contributed by atoms with Crippen LogP contribution >= 0.6 is 0 Å². The summed E-state index contributed by atoms with van der Waals surface area (Å²) in [6.45, 7) is 0.765. The second-order valence-electron chi connectivity index (χ2n) is 5.22. The molecule has 0 aliphatic heterocycles. The molecule has 2 aromatic rings. The van der Waals surface area contributed by atoms with Crippen molar-refractivity contribution in [1.82, 2.24) is 9.55 Å². The Kier molecular flexibility index (Phi) is 3.34. The molecule has 0 radical (unpaired) electrons. The van der Waals surface area contributed by atoms with E-state index in [1.165, 1.54) is 25.0 Å². The molecule has 3 nitrogen and oxygen atoms in total. The Morgan fingerprint density at radius 2 is 2.32 bits per heavy atom. The van der Waals surface area contributed by atoms with Crippen LogP contribution in [0.5, 0.6) is 0 Å². The van der Waals surface area contributed by atoms with E-state index < -0.39 is 0 Å². The third-order valence-electron chi connectivity index (χ3n) is 3.79. The summed E-state index contributed by atoms with van der Waals surface area (Å²) < 4.78 is 15.1.